The topological polar surface area (TPSA) is 14.1 Å². The monoisotopic (exact) mass is 121 g/mol. The summed E-state index contributed by atoms with van der Waals surface area (Å²) in [5, 5.41) is 4.21. The molecule has 1 heterocycles. The summed E-state index contributed by atoms with van der Waals surface area (Å²) in [5.41, 5.74) is 0. The van der Waals surface area contributed by atoms with E-state index in [-0.39, 0.29) is 51.4 Å². The molecule has 2 atom stereocenters. The second-order valence-corrected chi connectivity index (χ2v) is 2.34. The van der Waals surface area contributed by atoms with Gasteiger partial charge in [-0.15, -0.1) is 13.1 Å². The van der Waals surface area contributed by atoms with Crippen LogP contribution in [0.2, 0.25) is 0 Å². The van der Waals surface area contributed by atoms with Gasteiger partial charge in [0.05, 0.1) is 0 Å². The van der Waals surface area contributed by atoms with Crippen LogP contribution < -0.4 is 51.4 Å². The van der Waals surface area contributed by atoms with E-state index in [2.05, 4.69) is 5.32 Å². The molecule has 2 fully saturated rings. The summed E-state index contributed by atoms with van der Waals surface area (Å²) in [5.74, 6) is 2.09. The smallest absolute Gasteiger partial charge is 0.662 e. The molecule has 2 rings (SSSR count). The van der Waals surface area contributed by atoms with E-state index < -0.39 is 0 Å². The Balaban J connectivity index is 0.000000245. The Morgan fingerprint density at radius 1 is 1.14 bits per heavy atom. The Bertz CT molecular complexity index is 66.5. The van der Waals surface area contributed by atoms with Crippen LogP contribution in [0, 0.1) is 11.8 Å². The summed E-state index contributed by atoms with van der Waals surface area (Å²) in [6.07, 6.45) is 1.49. The maximum absolute atomic E-state index is 4.21. The molecule has 2 heteroatoms. The van der Waals surface area contributed by atoms with E-state index >= 15 is 0 Å². The normalized spacial score (nSPS) is 44.6. The molecule has 0 spiro atoms. The van der Waals surface area contributed by atoms with Crippen LogP contribution in [0.5, 0.6) is 0 Å². The number of rotatable bonds is 0. The van der Waals surface area contributed by atoms with E-state index in [4.69, 9.17) is 0 Å². The Kier molecular flexibility index (Phi) is 2.36. The van der Waals surface area contributed by atoms with E-state index in [1.165, 1.54) is 19.5 Å². The predicted molar refractivity (Wildman–Crippen MR) is 24.7 cm³/mol. The minimum absolute atomic E-state index is 0. The molecule has 0 bridgehead atoms. The number of fused-ring (bicyclic) bond motifs is 1. The molecule has 1 aliphatic heterocycles. The molecular formula is C5H8KN. The molecule has 2 unspecified atom stereocenters. The molecule has 0 N–H and O–H groups in total. The van der Waals surface area contributed by atoms with E-state index in [1.807, 2.05) is 0 Å². The van der Waals surface area contributed by atoms with Gasteiger partial charge in [-0.1, -0.05) is 18.3 Å². The Hall–Kier alpha value is 1.60. The van der Waals surface area contributed by atoms with Gasteiger partial charge in [-0.2, -0.15) is 0 Å². The second-order valence-electron chi connectivity index (χ2n) is 2.34. The van der Waals surface area contributed by atoms with Gasteiger partial charge in [0.15, 0.2) is 0 Å². The SMILES string of the molecule is C1[N-]CC2CC12.[K+]. The van der Waals surface area contributed by atoms with E-state index in [0.29, 0.717) is 0 Å². The van der Waals surface area contributed by atoms with Crippen molar-refractivity contribution in [2.45, 2.75) is 6.42 Å². The molecule has 0 aromatic carbocycles. The van der Waals surface area contributed by atoms with Gasteiger partial charge in [-0.3, -0.25) is 0 Å². The first-order chi connectivity index (χ1) is 2.97. The van der Waals surface area contributed by atoms with Crippen LogP contribution in [0.1, 0.15) is 6.42 Å². The summed E-state index contributed by atoms with van der Waals surface area (Å²) in [7, 11) is 0. The van der Waals surface area contributed by atoms with Gasteiger partial charge < -0.3 is 5.32 Å². The van der Waals surface area contributed by atoms with Crippen LogP contribution in [0.25, 0.3) is 5.32 Å². The van der Waals surface area contributed by atoms with Gasteiger partial charge in [0.2, 0.25) is 0 Å². The molecule has 1 aliphatic carbocycles. The molecule has 0 radical (unpaired) electrons. The summed E-state index contributed by atoms with van der Waals surface area (Å²) in [6.45, 7) is 2.37. The fourth-order valence-electron chi connectivity index (χ4n) is 1.16. The first-order valence-corrected chi connectivity index (χ1v) is 2.60. The first-order valence-electron chi connectivity index (χ1n) is 2.60. The summed E-state index contributed by atoms with van der Waals surface area (Å²) in [4.78, 5) is 0. The average molecular weight is 121 g/mol. The van der Waals surface area contributed by atoms with Crippen molar-refractivity contribution in [1.82, 2.24) is 0 Å². The van der Waals surface area contributed by atoms with Crippen molar-refractivity contribution in [2.75, 3.05) is 13.1 Å². The van der Waals surface area contributed by atoms with Crippen LogP contribution in [0.4, 0.5) is 0 Å². The first kappa shape index (κ1) is 6.71. The fourth-order valence-corrected chi connectivity index (χ4v) is 1.16. The Labute approximate surface area is 86.7 Å². The van der Waals surface area contributed by atoms with Crippen LogP contribution in [0.15, 0.2) is 0 Å². The maximum atomic E-state index is 4.21. The van der Waals surface area contributed by atoms with Crippen molar-refractivity contribution in [3.05, 3.63) is 5.32 Å². The average Bonchev–Trinajstić information content (AvgIpc) is 2.17. The van der Waals surface area contributed by atoms with Crippen LogP contribution in [-0.4, -0.2) is 13.1 Å². The maximum Gasteiger partial charge on any atom is 1.00 e. The Morgan fingerprint density at radius 3 is 1.86 bits per heavy atom. The molecule has 1 nitrogen and oxygen atoms in total. The molecule has 34 valence electrons. The Morgan fingerprint density at radius 2 is 1.71 bits per heavy atom. The minimum atomic E-state index is 0. The van der Waals surface area contributed by atoms with Crippen LogP contribution >= 0.6 is 0 Å². The second kappa shape index (κ2) is 2.46. The molecule has 1 saturated heterocycles. The van der Waals surface area contributed by atoms with Gasteiger partial charge in [0, 0.05) is 0 Å². The molecule has 7 heavy (non-hydrogen) atoms. The predicted octanol–water partition coefficient (Wildman–Crippen LogP) is -1.99. The zero-order valence-electron chi connectivity index (χ0n) is 4.72. The van der Waals surface area contributed by atoms with Gasteiger partial charge in [-0.05, 0) is 0 Å². The molecule has 0 aromatic rings. The van der Waals surface area contributed by atoms with Crippen molar-refractivity contribution < 1.29 is 51.4 Å². The molecular weight excluding hydrogens is 113 g/mol. The third-order valence-electron chi connectivity index (χ3n) is 1.80. The van der Waals surface area contributed by atoms with Crippen molar-refractivity contribution >= 4 is 0 Å². The zero-order chi connectivity index (χ0) is 3.98. The molecule has 2 aliphatic rings. The molecule has 0 amide bonds. The van der Waals surface area contributed by atoms with Crippen molar-refractivity contribution in [1.29, 1.82) is 0 Å². The number of piperidine rings is 1. The van der Waals surface area contributed by atoms with Crippen LogP contribution in [0.3, 0.4) is 0 Å². The minimum Gasteiger partial charge on any atom is -0.662 e. The largest absolute Gasteiger partial charge is 1.00 e. The summed E-state index contributed by atoms with van der Waals surface area (Å²) >= 11 is 0. The van der Waals surface area contributed by atoms with Gasteiger partial charge in [-0.25, -0.2) is 0 Å². The quantitative estimate of drug-likeness (QED) is 0.330. The third-order valence-corrected chi connectivity index (χ3v) is 1.80. The third kappa shape index (κ3) is 1.29. The summed E-state index contributed by atoms with van der Waals surface area (Å²) in [6, 6.07) is 0. The van der Waals surface area contributed by atoms with E-state index in [0.717, 1.165) is 11.8 Å². The van der Waals surface area contributed by atoms with Crippen molar-refractivity contribution in [2.24, 2.45) is 11.8 Å². The van der Waals surface area contributed by atoms with E-state index in [1.54, 1.807) is 0 Å². The fraction of sp³-hybridized carbons (Fsp3) is 1.00. The van der Waals surface area contributed by atoms with Gasteiger partial charge in [0.25, 0.3) is 0 Å². The number of hydrogen-bond donors (Lipinski definition) is 0. The van der Waals surface area contributed by atoms with Crippen molar-refractivity contribution in [3.63, 3.8) is 0 Å². The molecule has 0 aromatic heterocycles. The zero-order valence-corrected chi connectivity index (χ0v) is 7.85. The van der Waals surface area contributed by atoms with Crippen LogP contribution in [-0.2, 0) is 0 Å². The van der Waals surface area contributed by atoms with Gasteiger partial charge in [0.1, 0.15) is 0 Å². The standard InChI is InChI=1S/C5H8N.K/c1-4-2-6-3-5(1)4;/h4-5H,1-3H2;/q-1;+1. The summed E-state index contributed by atoms with van der Waals surface area (Å²) < 4.78 is 0. The van der Waals surface area contributed by atoms with Gasteiger partial charge >= 0.3 is 51.4 Å². The van der Waals surface area contributed by atoms with E-state index in [9.17, 15) is 0 Å². The molecule has 1 saturated carbocycles. The van der Waals surface area contributed by atoms with Crippen molar-refractivity contribution in [3.8, 4) is 0 Å². The number of nitrogens with zero attached hydrogens (tertiary/aromatic N) is 1. The number of hydrogen-bond acceptors (Lipinski definition) is 0.